The Bertz CT molecular complexity index is 285. The van der Waals surface area contributed by atoms with Gasteiger partial charge in [-0.15, -0.1) is 0 Å². The van der Waals surface area contributed by atoms with E-state index in [1.165, 1.54) is 18.4 Å². The Balaban J connectivity index is 2.19. The van der Waals surface area contributed by atoms with E-state index in [-0.39, 0.29) is 5.92 Å². The lowest BCUT2D eigenvalue weighted by Crippen LogP contribution is -2.31. The summed E-state index contributed by atoms with van der Waals surface area (Å²) in [6.07, 6.45) is 4.27. The van der Waals surface area contributed by atoms with Crippen molar-refractivity contribution < 1.29 is 5.11 Å². The summed E-state index contributed by atoms with van der Waals surface area (Å²) in [5.41, 5.74) is 0.818. The summed E-state index contributed by atoms with van der Waals surface area (Å²) in [4.78, 5) is 0. The Kier molecular flexibility index (Phi) is 2.60. The van der Waals surface area contributed by atoms with Crippen molar-refractivity contribution in [1.82, 2.24) is 0 Å². The molecule has 0 saturated heterocycles. The Morgan fingerprint density at radius 3 is 2.29 bits per heavy atom. The van der Waals surface area contributed by atoms with Gasteiger partial charge in [-0.1, -0.05) is 50.1 Å². The van der Waals surface area contributed by atoms with Crippen LogP contribution < -0.4 is 0 Å². The highest BCUT2D eigenvalue weighted by Crippen LogP contribution is 2.40. The fourth-order valence-electron chi connectivity index (χ4n) is 2.47. The third kappa shape index (κ3) is 1.69. The van der Waals surface area contributed by atoms with Gasteiger partial charge in [0.15, 0.2) is 0 Å². The number of hydrogen-bond donors (Lipinski definition) is 1. The molecule has 1 aromatic rings. The number of benzene rings is 1. The Morgan fingerprint density at radius 1 is 1.14 bits per heavy atom. The molecule has 14 heavy (non-hydrogen) atoms. The van der Waals surface area contributed by atoms with Crippen LogP contribution in [0.5, 0.6) is 0 Å². The van der Waals surface area contributed by atoms with Crippen molar-refractivity contribution >= 4 is 0 Å². The summed E-state index contributed by atoms with van der Waals surface area (Å²) < 4.78 is 0. The van der Waals surface area contributed by atoms with Crippen LogP contribution in [0.25, 0.3) is 0 Å². The number of rotatable bonds is 2. The molecule has 0 radical (unpaired) electrons. The molecule has 1 atom stereocenters. The van der Waals surface area contributed by atoms with Crippen LogP contribution in [0.15, 0.2) is 30.3 Å². The third-order valence-corrected chi connectivity index (χ3v) is 3.57. The van der Waals surface area contributed by atoms with Gasteiger partial charge in [0.2, 0.25) is 0 Å². The number of aliphatic hydroxyl groups is 1. The van der Waals surface area contributed by atoms with Crippen molar-refractivity contribution in [2.75, 3.05) is 0 Å². The molecular weight excluding hydrogens is 172 g/mol. The van der Waals surface area contributed by atoms with Crippen LogP contribution >= 0.6 is 0 Å². The lowest BCUT2D eigenvalue weighted by atomic mass is 9.82. The molecule has 2 rings (SSSR count). The van der Waals surface area contributed by atoms with E-state index in [0.29, 0.717) is 0 Å². The van der Waals surface area contributed by atoms with Gasteiger partial charge in [0.25, 0.3) is 0 Å². The van der Waals surface area contributed by atoms with Crippen molar-refractivity contribution in [3.8, 4) is 0 Å². The quantitative estimate of drug-likeness (QED) is 0.759. The van der Waals surface area contributed by atoms with Gasteiger partial charge in [0.05, 0.1) is 5.60 Å². The minimum Gasteiger partial charge on any atom is -0.389 e. The second-order valence-electron chi connectivity index (χ2n) is 4.44. The smallest absolute Gasteiger partial charge is 0.0713 e. The normalized spacial score (nSPS) is 22.1. The molecule has 1 heteroatoms. The van der Waals surface area contributed by atoms with E-state index in [1.54, 1.807) is 0 Å². The molecule has 1 unspecified atom stereocenters. The van der Waals surface area contributed by atoms with E-state index < -0.39 is 5.60 Å². The lowest BCUT2D eigenvalue weighted by Gasteiger charge is -2.30. The average Bonchev–Trinajstić information content (AvgIpc) is 2.67. The molecule has 0 spiro atoms. The highest BCUT2D eigenvalue weighted by molar-refractivity contribution is 5.22. The average molecular weight is 190 g/mol. The summed E-state index contributed by atoms with van der Waals surface area (Å²) in [6, 6.07) is 10.3. The molecule has 1 saturated carbocycles. The van der Waals surface area contributed by atoms with E-state index in [1.807, 2.05) is 18.2 Å². The Morgan fingerprint density at radius 2 is 1.71 bits per heavy atom. The maximum atomic E-state index is 10.4. The van der Waals surface area contributed by atoms with Gasteiger partial charge in [0.1, 0.15) is 0 Å². The maximum Gasteiger partial charge on any atom is 0.0713 e. The van der Waals surface area contributed by atoms with Gasteiger partial charge in [-0.2, -0.15) is 0 Å². The molecule has 1 aromatic carbocycles. The summed E-state index contributed by atoms with van der Waals surface area (Å²) in [6.45, 7) is 2.14. The fraction of sp³-hybridized carbons (Fsp3) is 0.538. The first-order valence-electron chi connectivity index (χ1n) is 5.50. The minimum absolute atomic E-state index is 0.270. The molecule has 1 nitrogen and oxygen atoms in total. The molecule has 1 aliphatic rings. The van der Waals surface area contributed by atoms with Crippen LogP contribution in [0, 0.1) is 0 Å². The van der Waals surface area contributed by atoms with Gasteiger partial charge >= 0.3 is 0 Å². The first kappa shape index (κ1) is 9.72. The molecule has 0 aromatic heterocycles. The summed E-state index contributed by atoms with van der Waals surface area (Å²) >= 11 is 0. The van der Waals surface area contributed by atoms with Crippen molar-refractivity contribution in [3.63, 3.8) is 0 Å². The van der Waals surface area contributed by atoms with Crippen molar-refractivity contribution in [2.24, 2.45) is 0 Å². The van der Waals surface area contributed by atoms with Gasteiger partial charge in [0, 0.05) is 5.92 Å². The molecule has 76 valence electrons. The highest BCUT2D eigenvalue weighted by atomic mass is 16.3. The minimum atomic E-state index is -0.443. The lowest BCUT2D eigenvalue weighted by molar-refractivity contribution is 0.0242. The van der Waals surface area contributed by atoms with Gasteiger partial charge in [-0.3, -0.25) is 0 Å². The van der Waals surface area contributed by atoms with Crippen LogP contribution in [0.4, 0.5) is 0 Å². The maximum absolute atomic E-state index is 10.4. The van der Waals surface area contributed by atoms with Crippen LogP contribution in [0.3, 0.4) is 0 Å². The molecule has 0 amide bonds. The summed E-state index contributed by atoms with van der Waals surface area (Å²) in [5, 5.41) is 10.4. The van der Waals surface area contributed by atoms with E-state index >= 15 is 0 Å². The zero-order chi connectivity index (χ0) is 10.0. The third-order valence-electron chi connectivity index (χ3n) is 3.57. The largest absolute Gasteiger partial charge is 0.389 e. The monoisotopic (exact) mass is 190 g/mol. The van der Waals surface area contributed by atoms with Crippen LogP contribution in [-0.2, 0) is 0 Å². The van der Waals surface area contributed by atoms with Crippen LogP contribution in [-0.4, -0.2) is 10.7 Å². The first-order valence-corrected chi connectivity index (χ1v) is 5.50. The highest BCUT2D eigenvalue weighted by Gasteiger charge is 2.37. The van der Waals surface area contributed by atoms with Gasteiger partial charge in [-0.05, 0) is 18.4 Å². The van der Waals surface area contributed by atoms with E-state index in [4.69, 9.17) is 0 Å². The summed E-state index contributed by atoms with van der Waals surface area (Å²) in [5.74, 6) is 0.270. The van der Waals surface area contributed by atoms with E-state index in [9.17, 15) is 5.11 Å². The van der Waals surface area contributed by atoms with Crippen LogP contribution in [0.1, 0.15) is 44.1 Å². The summed E-state index contributed by atoms with van der Waals surface area (Å²) in [7, 11) is 0. The predicted octanol–water partition coefficient (Wildman–Crippen LogP) is 3.10. The van der Waals surface area contributed by atoms with Crippen molar-refractivity contribution in [3.05, 3.63) is 35.9 Å². The molecule has 0 aliphatic heterocycles. The molecule has 0 bridgehead atoms. The standard InChI is InChI=1S/C13H18O/c1-11(12-7-3-2-4-8-12)13(14)9-5-6-10-13/h2-4,7-8,11,14H,5-6,9-10H2,1H3. The second-order valence-corrected chi connectivity index (χ2v) is 4.44. The SMILES string of the molecule is CC(c1ccccc1)C1(O)CCCC1. The molecule has 0 heterocycles. The topological polar surface area (TPSA) is 20.2 Å². The van der Waals surface area contributed by atoms with Crippen molar-refractivity contribution in [1.29, 1.82) is 0 Å². The van der Waals surface area contributed by atoms with E-state index in [2.05, 4.69) is 19.1 Å². The second kappa shape index (κ2) is 3.74. The fourth-order valence-corrected chi connectivity index (χ4v) is 2.47. The molecule has 1 fully saturated rings. The van der Waals surface area contributed by atoms with Crippen LogP contribution in [0.2, 0.25) is 0 Å². The zero-order valence-corrected chi connectivity index (χ0v) is 8.74. The Hall–Kier alpha value is -0.820. The molecule has 1 N–H and O–H groups in total. The first-order chi connectivity index (χ1) is 6.72. The Labute approximate surface area is 85.8 Å². The van der Waals surface area contributed by atoms with Gasteiger partial charge in [-0.25, -0.2) is 0 Å². The number of hydrogen-bond acceptors (Lipinski definition) is 1. The molecule has 1 aliphatic carbocycles. The van der Waals surface area contributed by atoms with Gasteiger partial charge < -0.3 is 5.11 Å². The predicted molar refractivity (Wildman–Crippen MR) is 58.3 cm³/mol. The van der Waals surface area contributed by atoms with E-state index in [0.717, 1.165) is 12.8 Å². The van der Waals surface area contributed by atoms with Crippen molar-refractivity contribution in [2.45, 2.75) is 44.1 Å². The zero-order valence-electron chi connectivity index (χ0n) is 8.74. The molecular formula is C13H18O.